The Balaban J connectivity index is 1.32. The number of fused-ring (bicyclic) bond motifs is 1. The summed E-state index contributed by atoms with van der Waals surface area (Å²) >= 11 is 6.19. The molecule has 1 saturated carbocycles. The summed E-state index contributed by atoms with van der Waals surface area (Å²) in [4.78, 5) is 14.6. The van der Waals surface area contributed by atoms with Gasteiger partial charge in [-0.3, -0.25) is 9.69 Å². The molecule has 3 unspecified atom stereocenters. The second kappa shape index (κ2) is 11.4. The van der Waals surface area contributed by atoms with Crippen molar-refractivity contribution in [2.75, 3.05) is 20.2 Å². The average Bonchev–Trinajstić information content (AvgIpc) is 3.75. The zero-order valence-corrected chi connectivity index (χ0v) is 24.0. The van der Waals surface area contributed by atoms with Crippen molar-refractivity contribution in [1.82, 2.24) is 4.90 Å². The van der Waals surface area contributed by atoms with E-state index in [1.165, 1.54) is 24.8 Å². The second-order valence-electron chi connectivity index (χ2n) is 11.5. The van der Waals surface area contributed by atoms with Crippen LogP contribution >= 0.6 is 11.6 Å². The third-order valence-electron chi connectivity index (χ3n) is 8.99. The molecule has 2 aromatic carbocycles. The normalized spacial score (nSPS) is 21.2. The zero-order valence-electron chi connectivity index (χ0n) is 23.2. The van der Waals surface area contributed by atoms with Gasteiger partial charge in [-0.05, 0) is 92.2 Å². The molecule has 1 saturated heterocycles. The van der Waals surface area contributed by atoms with Gasteiger partial charge in [-0.2, -0.15) is 0 Å². The number of ether oxygens (including phenoxy) is 3. The van der Waals surface area contributed by atoms with Gasteiger partial charge < -0.3 is 14.2 Å². The molecule has 0 radical (unpaired) electrons. The van der Waals surface area contributed by atoms with Crippen LogP contribution in [0.15, 0.2) is 36.4 Å². The zero-order chi connectivity index (χ0) is 28.7. The third-order valence-corrected chi connectivity index (χ3v) is 9.22. The number of nitrogens with zero attached hydrogens (tertiary/aromatic N) is 1. The highest BCUT2D eigenvalue weighted by Gasteiger charge is 2.43. The number of hydrogen-bond acceptors (Lipinski definition) is 5. The van der Waals surface area contributed by atoms with Crippen molar-refractivity contribution in [3.8, 4) is 11.5 Å². The van der Waals surface area contributed by atoms with E-state index in [-0.39, 0.29) is 35.2 Å². The summed E-state index contributed by atoms with van der Waals surface area (Å²) in [5.41, 5.74) is 2.44. The molecule has 3 atom stereocenters. The van der Waals surface area contributed by atoms with Crippen LogP contribution in [-0.2, 0) is 16.0 Å². The van der Waals surface area contributed by atoms with Gasteiger partial charge in [-0.1, -0.05) is 37.6 Å². The molecule has 5 nitrogen and oxygen atoms in total. The molecular formula is C31H37ClF3NO4. The molecule has 0 bridgehead atoms. The molecule has 2 aliphatic heterocycles. The Kier molecular flexibility index (Phi) is 8.31. The fraction of sp³-hybridized carbons (Fsp3) is 0.581. The first-order valence-electron chi connectivity index (χ1n) is 14.2. The number of halogens is 4. The number of likely N-dealkylation sites (tertiary alicyclic amines) is 1. The van der Waals surface area contributed by atoms with Crippen molar-refractivity contribution in [3.63, 3.8) is 0 Å². The highest BCUT2D eigenvalue weighted by Crippen LogP contribution is 2.49. The molecule has 2 aromatic rings. The van der Waals surface area contributed by atoms with Crippen LogP contribution in [0.5, 0.6) is 11.5 Å². The Labute approximate surface area is 238 Å². The van der Waals surface area contributed by atoms with E-state index >= 15 is 0 Å². The van der Waals surface area contributed by atoms with Crippen molar-refractivity contribution in [2.45, 2.75) is 82.7 Å². The molecule has 1 spiro atoms. The highest BCUT2D eigenvalue weighted by molar-refractivity contribution is 6.30. The molecule has 5 rings (SSSR count). The second-order valence-corrected chi connectivity index (χ2v) is 12.0. The minimum Gasteiger partial charge on any atom is -0.487 e. The van der Waals surface area contributed by atoms with Gasteiger partial charge >= 0.3 is 12.3 Å². The van der Waals surface area contributed by atoms with E-state index in [4.69, 9.17) is 21.1 Å². The van der Waals surface area contributed by atoms with Crippen LogP contribution in [0.3, 0.4) is 0 Å². The lowest BCUT2D eigenvalue weighted by Gasteiger charge is -2.46. The Bertz CT molecular complexity index is 1220. The topological polar surface area (TPSA) is 48.0 Å². The molecule has 218 valence electrons. The quantitative estimate of drug-likeness (QED) is 0.298. The molecule has 9 heteroatoms. The average molecular weight is 580 g/mol. The van der Waals surface area contributed by atoms with Gasteiger partial charge in [-0.25, -0.2) is 0 Å². The van der Waals surface area contributed by atoms with E-state index in [1.807, 2.05) is 13.8 Å². The number of aryl methyl sites for hydroxylation is 1. The summed E-state index contributed by atoms with van der Waals surface area (Å²) in [6, 6.07) is 10.5. The summed E-state index contributed by atoms with van der Waals surface area (Å²) in [6.45, 7) is 5.29. The molecule has 1 aliphatic carbocycles. The summed E-state index contributed by atoms with van der Waals surface area (Å²) in [5.74, 6) is 0.871. The molecule has 0 aromatic heterocycles. The number of piperidine rings is 1. The fourth-order valence-corrected chi connectivity index (χ4v) is 6.93. The Hall–Kier alpha value is -2.45. The number of benzene rings is 2. The lowest BCUT2D eigenvalue weighted by Crippen LogP contribution is -2.50. The maximum atomic E-state index is 13.1. The minimum atomic E-state index is -4.78. The first-order chi connectivity index (χ1) is 19.0. The van der Waals surface area contributed by atoms with Crippen LogP contribution in [0.4, 0.5) is 13.2 Å². The van der Waals surface area contributed by atoms with E-state index in [1.54, 1.807) is 6.07 Å². The van der Waals surface area contributed by atoms with Gasteiger partial charge in [0.2, 0.25) is 0 Å². The predicted octanol–water partition coefficient (Wildman–Crippen LogP) is 7.85. The van der Waals surface area contributed by atoms with Gasteiger partial charge in [0.05, 0.1) is 13.0 Å². The van der Waals surface area contributed by atoms with Gasteiger partial charge in [0.1, 0.15) is 17.1 Å². The fourth-order valence-electron chi connectivity index (χ4n) is 6.75. The minimum absolute atomic E-state index is 0.109. The lowest BCUT2D eigenvalue weighted by molar-refractivity contribution is -0.275. The van der Waals surface area contributed by atoms with E-state index in [2.05, 4.69) is 27.8 Å². The number of carbonyl (C=O) groups excluding carboxylic acids is 1. The maximum Gasteiger partial charge on any atom is 0.573 e. The van der Waals surface area contributed by atoms with Crippen molar-refractivity contribution < 1.29 is 32.2 Å². The highest BCUT2D eigenvalue weighted by atomic mass is 35.5. The van der Waals surface area contributed by atoms with Crippen LogP contribution in [0, 0.1) is 11.8 Å². The largest absolute Gasteiger partial charge is 0.573 e. The van der Waals surface area contributed by atoms with Crippen molar-refractivity contribution in [2.24, 2.45) is 11.8 Å². The molecule has 0 N–H and O–H groups in total. The van der Waals surface area contributed by atoms with Crippen molar-refractivity contribution in [1.29, 1.82) is 0 Å². The smallest absolute Gasteiger partial charge is 0.487 e. The standard InChI is InChI=1S/C31H37ClF3NO4/c1-4-25(24-18-23(32)9-10-26(24)40-31(33,34)35)36-15-13-30(14-16-36)12-11-20-5-8-22(17-27(20)39-30)28(21-6-7-21)19(2)29(37)38-3/h5,8-10,17-19,21,25,28H,4,6-7,11-16H2,1-3H3. The van der Waals surface area contributed by atoms with Crippen LogP contribution in [0.1, 0.15) is 81.0 Å². The van der Waals surface area contributed by atoms with Crippen LogP contribution < -0.4 is 9.47 Å². The SMILES string of the molecule is CCC(c1cc(Cl)ccc1OC(F)(F)F)N1CCC2(CCc3ccc(C(C4CC4)C(C)C(=O)OC)cc3O2)CC1. The summed E-state index contributed by atoms with van der Waals surface area (Å²) in [6.07, 6.45) is 1.42. The van der Waals surface area contributed by atoms with Gasteiger partial charge in [0.25, 0.3) is 0 Å². The van der Waals surface area contributed by atoms with E-state index in [0.717, 1.165) is 49.8 Å². The van der Waals surface area contributed by atoms with Gasteiger partial charge in [-0.15, -0.1) is 13.2 Å². The number of esters is 1. The van der Waals surface area contributed by atoms with Gasteiger partial charge in [0, 0.05) is 29.7 Å². The number of hydrogen-bond donors (Lipinski definition) is 0. The van der Waals surface area contributed by atoms with Crippen molar-refractivity contribution in [3.05, 3.63) is 58.1 Å². The van der Waals surface area contributed by atoms with E-state index < -0.39 is 6.36 Å². The maximum absolute atomic E-state index is 13.1. The number of methoxy groups -OCH3 is 1. The number of carbonyl (C=O) groups is 1. The first kappa shape index (κ1) is 29.1. The molecular weight excluding hydrogens is 543 g/mol. The molecule has 2 heterocycles. The van der Waals surface area contributed by atoms with Gasteiger partial charge in [0.15, 0.2) is 0 Å². The third kappa shape index (κ3) is 6.23. The molecule has 0 amide bonds. The Morgan fingerprint density at radius 1 is 1.15 bits per heavy atom. The van der Waals surface area contributed by atoms with E-state index in [9.17, 15) is 18.0 Å². The first-order valence-corrected chi connectivity index (χ1v) is 14.6. The van der Waals surface area contributed by atoms with Crippen LogP contribution in [0.2, 0.25) is 5.02 Å². The molecule has 2 fully saturated rings. The molecule has 40 heavy (non-hydrogen) atoms. The van der Waals surface area contributed by atoms with Crippen LogP contribution in [0.25, 0.3) is 0 Å². The monoisotopic (exact) mass is 579 g/mol. The summed E-state index contributed by atoms with van der Waals surface area (Å²) in [5, 5.41) is 0.380. The summed E-state index contributed by atoms with van der Waals surface area (Å²) < 4.78 is 55.5. The Morgan fingerprint density at radius 3 is 2.50 bits per heavy atom. The number of rotatable bonds is 8. The summed E-state index contributed by atoms with van der Waals surface area (Å²) in [7, 11) is 1.44. The Morgan fingerprint density at radius 2 is 1.88 bits per heavy atom. The molecule has 3 aliphatic rings. The van der Waals surface area contributed by atoms with Crippen LogP contribution in [-0.4, -0.2) is 43.0 Å². The number of alkyl halides is 3. The lowest BCUT2D eigenvalue weighted by atomic mass is 9.80. The predicted molar refractivity (Wildman–Crippen MR) is 147 cm³/mol. The van der Waals surface area contributed by atoms with Crippen molar-refractivity contribution >= 4 is 17.6 Å². The van der Waals surface area contributed by atoms with E-state index in [0.29, 0.717) is 36.0 Å².